The lowest BCUT2D eigenvalue weighted by Gasteiger charge is -2.07. The fraction of sp³-hybridized carbons (Fsp3) is 0.100. The first-order valence-corrected chi connectivity index (χ1v) is 6.94. The normalized spacial score (nSPS) is 10.9. The number of sulfonamides is 1. The Hall–Kier alpha value is -1.34. The van der Waals surface area contributed by atoms with E-state index in [4.69, 9.17) is 5.11 Å². The molecule has 0 aliphatic heterocycles. The molecule has 0 fully saturated rings. The van der Waals surface area contributed by atoms with E-state index in [1.807, 2.05) is 0 Å². The fourth-order valence-electron chi connectivity index (χ4n) is 1.15. The summed E-state index contributed by atoms with van der Waals surface area (Å²) in [5.74, 6) is -1.36. The maximum atomic E-state index is 11.4. The molecule has 0 bridgehead atoms. The molecule has 0 aromatic heterocycles. The van der Waals surface area contributed by atoms with Gasteiger partial charge in [-0.3, -0.25) is 4.72 Å². The molecular weight excluding hydrogens is 310 g/mol. The number of hydrogen-bond donors (Lipinski definition) is 2. The van der Waals surface area contributed by atoms with Crippen LogP contribution in [0.3, 0.4) is 0 Å². The van der Waals surface area contributed by atoms with Crippen molar-refractivity contribution in [2.75, 3.05) is 10.5 Å². The van der Waals surface area contributed by atoms with Crippen molar-refractivity contribution in [1.82, 2.24) is 0 Å². The van der Waals surface area contributed by atoms with Gasteiger partial charge in [0, 0.05) is 4.47 Å². The Morgan fingerprint density at radius 2 is 2.12 bits per heavy atom. The number of rotatable bonds is 5. The summed E-state index contributed by atoms with van der Waals surface area (Å²) < 4.78 is 25.6. The lowest BCUT2D eigenvalue weighted by atomic mass is 10.2. The molecule has 0 radical (unpaired) electrons. The second kappa shape index (κ2) is 5.33. The standard InChI is InChI=1S/C10H10BrNO4S/c1-2-3-17(15,16)12-9-5-7(10(13)14)4-8(11)6-9/h2,4-6,12H,1,3H2,(H,13,14). The van der Waals surface area contributed by atoms with Crippen LogP contribution in [0.15, 0.2) is 35.3 Å². The third kappa shape index (κ3) is 4.20. The van der Waals surface area contributed by atoms with Crippen molar-refractivity contribution in [2.24, 2.45) is 0 Å². The van der Waals surface area contributed by atoms with Crippen LogP contribution in [0.1, 0.15) is 10.4 Å². The van der Waals surface area contributed by atoms with Crippen LogP contribution < -0.4 is 4.72 Å². The average Bonchev–Trinajstić information content (AvgIpc) is 2.15. The minimum Gasteiger partial charge on any atom is -0.478 e. The number of carbonyl (C=O) groups is 1. The zero-order valence-electron chi connectivity index (χ0n) is 8.68. The number of aromatic carboxylic acids is 1. The first-order valence-electron chi connectivity index (χ1n) is 4.49. The average molecular weight is 320 g/mol. The smallest absolute Gasteiger partial charge is 0.335 e. The quantitative estimate of drug-likeness (QED) is 0.814. The molecule has 0 saturated heterocycles. The maximum Gasteiger partial charge on any atom is 0.335 e. The van der Waals surface area contributed by atoms with Gasteiger partial charge in [-0.05, 0) is 18.2 Å². The summed E-state index contributed by atoms with van der Waals surface area (Å²) in [5.41, 5.74) is 0.189. The van der Waals surface area contributed by atoms with Gasteiger partial charge < -0.3 is 5.11 Å². The fourth-order valence-corrected chi connectivity index (χ4v) is 2.51. The van der Waals surface area contributed by atoms with Crippen molar-refractivity contribution in [1.29, 1.82) is 0 Å². The molecule has 1 rings (SSSR count). The summed E-state index contributed by atoms with van der Waals surface area (Å²) in [7, 11) is -3.53. The molecule has 0 saturated carbocycles. The summed E-state index contributed by atoms with van der Waals surface area (Å²) in [6.07, 6.45) is 1.25. The van der Waals surface area contributed by atoms with Gasteiger partial charge in [0.05, 0.1) is 17.0 Å². The molecular formula is C10H10BrNO4S. The molecule has 5 nitrogen and oxygen atoms in total. The highest BCUT2D eigenvalue weighted by Gasteiger charge is 2.11. The van der Waals surface area contributed by atoms with Crippen LogP contribution in [-0.2, 0) is 10.0 Å². The van der Waals surface area contributed by atoms with Gasteiger partial charge in [-0.1, -0.05) is 22.0 Å². The zero-order valence-corrected chi connectivity index (χ0v) is 11.1. The van der Waals surface area contributed by atoms with E-state index in [-0.39, 0.29) is 17.0 Å². The van der Waals surface area contributed by atoms with Crippen LogP contribution in [0, 0.1) is 0 Å². The molecule has 0 spiro atoms. The molecule has 1 aromatic carbocycles. The minimum atomic E-state index is -3.53. The molecule has 7 heteroatoms. The summed E-state index contributed by atoms with van der Waals surface area (Å²) in [6.45, 7) is 3.33. The molecule has 0 heterocycles. The first-order chi connectivity index (χ1) is 7.84. The third-order valence-electron chi connectivity index (χ3n) is 1.76. The number of hydrogen-bond acceptors (Lipinski definition) is 3. The Bertz CT molecular complexity index is 553. The van der Waals surface area contributed by atoms with Crippen LogP contribution in [0.4, 0.5) is 5.69 Å². The highest BCUT2D eigenvalue weighted by molar-refractivity contribution is 9.10. The van der Waals surface area contributed by atoms with E-state index in [1.54, 1.807) is 0 Å². The van der Waals surface area contributed by atoms with Gasteiger partial charge in [0.15, 0.2) is 0 Å². The first kappa shape index (κ1) is 13.7. The lowest BCUT2D eigenvalue weighted by molar-refractivity contribution is 0.0697. The van der Waals surface area contributed by atoms with Crippen molar-refractivity contribution in [3.63, 3.8) is 0 Å². The van der Waals surface area contributed by atoms with Gasteiger partial charge in [0.2, 0.25) is 10.0 Å². The van der Waals surface area contributed by atoms with Gasteiger partial charge in [-0.15, -0.1) is 6.58 Å². The van der Waals surface area contributed by atoms with E-state index in [1.165, 1.54) is 24.3 Å². The summed E-state index contributed by atoms with van der Waals surface area (Å²) in [5, 5.41) is 8.82. The second-order valence-corrected chi connectivity index (χ2v) is 5.89. The van der Waals surface area contributed by atoms with E-state index in [9.17, 15) is 13.2 Å². The summed E-state index contributed by atoms with van der Waals surface area (Å²) >= 11 is 3.11. The Morgan fingerprint density at radius 3 is 2.65 bits per heavy atom. The Morgan fingerprint density at radius 1 is 1.47 bits per heavy atom. The number of carboxylic acid groups (broad SMARTS) is 1. The van der Waals surface area contributed by atoms with Gasteiger partial charge in [0.1, 0.15) is 0 Å². The second-order valence-electron chi connectivity index (χ2n) is 3.21. The number of carboxylic acids is 1. The number of halogens is 1. The lowest BCUT2D eigenvalue weighted by Crippen LogP contribution is -2.15. The molecule has 17 heavy (non-hydrogen) atoms. The number of benzene rings is 1. The maximum absolute atomic E-state index is 11.4. The monoisotopic (exact) mass is 319 g/mol. The van der Waals surface area contributed by atoms with E-state index in [0.717, 1.165) is 0 Å². The van der Waals surface area contributed by atoms with E-state index < -0.39 is 16.0 Å². The summed E-state index contributed by atoms with van der Waals surface area (Å²) in [4.78, 5) is 10.8. The van der Waals surface area contributed by atoms with Crippen molar-refractivity contribution in [2.45, 2.75) is 0 Å². The largest absolute Gasteiger partial charge is 0.478 e. The van der Waals surface area contributed by atoms with Crippen LogP contribution in [-0.4, -0.2) is 25.2 Å². The van der Waals surface area contributed by atoms with Gasteiger partial charge in [-0.2, -0.15) is 0 Å². The molecule has 0 aliphatic rings. The number of anilines is 1. The molecule has 0 amide bonds. The molecule has 0 atom stereocenters. The molecule has 0 unspecified atom stereocenters. The topological polar surface area (TPSA) is 83.5 Å². The van der Waals surface area contributed by atoms with E-state index in [2.05, 4.69) is 27.2 Å². The number of nitrogens with one attached hydrogen (secondary N) is 1. The Labute approximate surface area is 107 Å². The molecule has 1 aromatic rings. The molecule has 2 N–H and O–H groups in total. The molecule has 92 valence electrons. The summed E-state index contributed by atoms with van der Waals surface area (Å²) in [6, 6.07) is 4.11. The minimum absolute atomic E-state index is 0.00400. The van der Waals surface area contributed by atoms with E-state index in [0.29, 0.717) is 4.47 Å². The molecule has 0 aliphatic carbocycles. The van der Waals surface area contributed by atoms with Crippen LogP contribution in [0.5, 0.6) is 0 Å². The van der Waals surface area contributed by atoms with Crippen molar-refractivity contribution in [3.05, 3.63) is 40.9 Å². The van der Waals surface area contributed by atoms with Crippen LogP contribution in [0.25, 0.3) is 0 Å². The predicted octanol–water partition coefficient (Wildman–Crippen LogP) is 2.08. The SMILES string of the molecule is C=CCS(=O)(=O)Nc1cc(Br)cc(C(=O)O)c1. The van der Waals surface area contributed by atoms with Crippen LogP contribution in [0.2, 0.25) is 0 Å². The Balaban J connectivity index is 3.07. The van der Waals surface area contributed by atoms with Crippen LogP contribution >= 0.6 is 15.9 Å². The zero-order chi connectivity index (χ0) is 13.1. The van der Waals surface area contributed by atoms with Gasteiger partial charge in [0.25, 0.3) is 0 Å². The van der Waals surface area contributed by atoms with Crippen molar-refractivity contribution in [3.8, 4) is 0 Å². The van der Waals surface area contributed by atoms with Crippen molar-refractivity contribution >= 4 is 37.6 Å². The highest BCUT2D eigenvalue weighted by atomic mass is 79.9. The highest BCUT2D eigenvalue weighted by Crippen LogP contribution is 2.20. The van der Waals surface area contributed by atoms with Crippen molar-refractivity contribution < 1.29 is 18.3 Å². The predicted molar refractivity (Wildman–Crippen MR) is 68.7 cm³/mol. The van der Waals surface area contributed by atoms with Gasteiger partial charge in [-0.25, -0.2) is 13.2 Å². The van der Waals surface area contributed by atoms with Gasteiger partial charge >= 0.3 is 5.97 Å². The third-order valence-corrected chi connectivity index (χ3v) is 3.43. The Kier molecular flexibility index (Phi) is 4.30. The van der Waals surface area contributed by atoms with E-state index >= 15 is 0 Å².